The predicted octanol–water partition coefficient (Wildman–Crippen LogP) is 2.82. The Balaban J connectivity index is 1.50. The molecule has 28 heavy (non-hydrogen) atoms. The lowest BCUT2D eigenvalue weighted by Crippen LogP contribution is -2.26. The number of hydrogen-bond acceptors (Lipinski definition) is 4. The molecule has 1 fully saturated rings. The van der Waals surface area contributed by atoms with E-state index in [-0.39, 0.29) is 18.3 Å². The number of halogens is 1. The lowest BCUT2D eigenvalue weighted by Gasteiger charge is -2.20. The lowest BCUT2D eigenvalue weighted by atomic mass is 9.94. The van der Waals surface area contributed by atoms with Gasteiger partial charge in [-0.05, 0) is 45.0 Å². The van der Waals surface area contributed by atoms with Gasteiger partial charge >= 0.3 is 0 Å². The second kappa shape index (κ2) is 7.93. The lowest BCUT2D eigenvalue weighted by molar-refractivity contribution is 0.102. The zero-order valence-corrected chi connectivity index (χ0v) is 15.7. The van der Waals surface area contributed by atoms with Crippen molar-refractivity contribution in [2.45, 2.75) is 32.2 Å². The van der Waals surface area contributed by atoms with Crippen LogP contribution in [0.15, 0.2) is 36.5 Å². The van der Waals surface area contributed by atoms with E-state index in [0.29, 0.717) is 23.0 Å². The molecule has 0 unspecified atom stereocenters. The van der Waals surface area contributed by atoms with Gasteiger partial charge in [0.15, 0.2) is 5.69 Å². The Hall–Kier alpha value is -3.00. The molecule has 0 atom stereocenters. The Morgan fingerprint density at radius 3 is 2.89 bits per heavy atom. The summed E-state index contributed by atoms with van der Waals surface area (Å²) in [6, 6.07) is 8.36. The number of H-pyrrole nitrogens is 1. The number of benzene rings is 1. The van der Waals surface area contributed by atoms with Crippen molar-refractivity contribution < 1.29 is 9.18 Å². The normalized spacial score (nSPS) is 14.9. The highest BCUT2D eigenvalue weighted by molar-refractivity contribution is 6.02. The van der Waals surface area contributed by atoms with Crippen molar-refractivity contribution in [3.63, 3.8) is 0 Å². The molecule has 1 aliphatic heterocycles. The number of aromatic nitrogens is 4. The second-order valence-corrected chi connectivity index (χ2v) is 7.11. The molecular weight excluding hydrogens is 359 g/mol. The number of aromatic amines is 1. The molecule has 0 radical (unpaired) electrons. The SMILES string of the molecule is Cc1cnn(Cc2ccccc2F)c1NC(=O)c1cc(C2CCNCC2)[nH]n1. The van der Waals surface area contributed by atoms with E-state index in [1.54, 1.807) is 29.1 Å². The number of hydrogen-bond donors (Lipinski definition) is 3. The van der Waals surface area contributed by atoms with Gasteiger partial charge in [0.05, 0.1) is 12.7 Å². The molecule has 0 saturated carbocycles. The van der Waals surface area contributed by atoms with Gasteiger partial charge in [-0.1, -0.05) is 18.2 Å². The van der Waals surface area contributed by atoms with Gasteiger partial charge in [0.25, 0.3) is 5.91 Å². The van der Waals surface area contributed by atoms with E-state index in [1.807, 2.05) is 13.0 Å². The monoisotopic (exact) mass is 382 g/mol. The van der Waals surface area contributed by atoms with Crippen LogP contribution in [0.1, 0.15) is 46.1 Å². The van der Waals surface area contributed by atoms with Gasteiger partial charge in [0.1, 0.15) is 11.6 Å². The fourth-order valence-electron chi connectivity index (χ4n) is 3.52. The van der Waals surface area contributed by atoms with E-state index in [9.17, 15) is 9.18 Å². The fourth-order valence-corrected chi connectivity index (χ4v) is 3.52. The Morgan fingerprint density at radius 1 is 1.32 bits per heavy atom. The van der Waals surface area contributed by atoms with Crippen LogP contribution < -0.4 is 10.6 Å². The molecule has 8 heteroatoms. The summed E-state index contributed by atoms with van der Waals surface area (Å²) in [5.74, 6) is 0.324. The van der Waals surface area contributed by atoms with Gasteiger partial charge in [-0.25, -0.2) is 9.07 Å². The number of anilines is 1. The zero-order valence-electron chi connectivity index (χ0n) is 15.7. The van der Waals surface area contributed by atoms with Crippen LogP contribution in [0.3, 0.4) is 0 Å². The number of nitrogens with one attached hydrogen (secondary N) is 3. The summed E-state index contributed by atoms with van der Waals surface area (Å²) >= 11 is 0. The number of nitrogens with zero attached hydrogens (tertiary/aromatic N) is 3. The number of aryl methyl sites for hydroxylation is 1. The van der Waals surface area contributed by atoms with Gasteiger partial charge in [-0.15, -0.1) is 0 Å². The largest absolute Gasteiger partial charge is 0.317 e. The standard InChI is InChI=1S/C20H23FN6O/c1-13-11-23-27(12-15-4-2-3-5-16(15)21)19(13)24-20(28)18-10-17(25-26-18)14-6-8-22-9-7-14/h2-5,10-11,14,22H,6-9,12H2,1H3,(H,24,28)(H,25,26). The molecule has 0 spiro atoms. The van der Waals surface area contributed by atoms with Gasteiger partial charge in [-0.3, -0.25) is 9.89 Å². The van der Waals surface area contributed by atoms with E-state index >= 15 is 0 Å². The number of rotatable bonds is 5. The second-order valence-electron chi connectivity index (χ2n) is 7.11. The number of carbonyl (C=O) groups is 1. The zero-order chi connectivity index (χ0) is 19.5. The number of piperidine rings is 1. The quantitative estimate of drug-likeness (QED) is 0.633. The van der Waals surface area contributed by atoms with Crippen molar-refractivity contribution in [2.24, 2.45) is 0 Å². The van der Waals surface area contributed by atoms with Crippen molar-refractivity contribution in [2.75, 3.05) is 18.4 Å². The van der Waals surface area contributed by atoms with Gasteiger partial charge < -0.3 is 10.6 Å². The van der Waals surface area contributed by atoms with Crippen molar-refractivity contribution >= 4 is 11.7 Å². The Morgan fingerprint density at radius 2 is 2.11 bits per heavy atom. The van der Waals surface area contributed by atoms with Crippen molar-refractivity contribution in [1.29, 1.82) is 0 Å². The van der Waals surface area contributed by atoms with Crippen LogP contribution in [0.2, 0.25) is 0 Å². The molecule has 1 amide bonds. The summed E-state index contributed by atoms with van der Waals surface area (Å²) in [5.41, 5.74) is 2.64. The first kappa shape index (κ1) is 18.4. The topological polar surface area (TPSA) is 87.6 Å². The summed E-state index contributed by atoms with van der Waals surface area (Å²) in [7, 11) is 0. The van der Waals surface area contributed by atoms with Gasteiger partial charge in [0.2, 0.25) is 0 Å². The number of amides is 1. The molecule has 3 N–H and O–H groups in total. The maximum absolute atomic E-state index is 14.0. The highest BCUT2D eigenvalue weighted by atomic mass is 19.1. The van der Waals surface area contributed by atoms with Gasteiger partial charge in [0, 0.05) is 22.7 Å². The molecule has 4 rings (SSSR count). The Bertz CT molecular complexity index is 973. The first-order valence-corrected chi connectivity index (χ1v) is 9.45. The van der Waals surface area contributed by atoms with E-state index < -0.39 is 0 Å². The van der Waals surface area contributed by atoms with Crippen LogP contribution in [0, 0.1) is 12.7 Å². The summed E-state index contributed by atoms with van der Waals surface area (Å²) in [6.07, 6.45) is 3.71. The average molecular weight is 382 g/mol. The Kier molecular flexibility index (Phi) is 5.21. The molecule has 146 valence electrons. The number of carbonyl (C=O) groups excluding carboxylic acids is 1. The van der Waals surface area contributed by atoms with Crippen LogP contribution in [0.25, 0.3) is 0 Å². The van der Waals surface area contributed by atoms with Crippen molar-refractivity contribution in [3.05, 3.63) is 64.9 Å². The third-order valence-electron chi connectivity index (χ3n) is 5.14. The van der Waals surface area contributed by atoms with Crippen molar-refractivity contribution in [3.8, 4) is 0 Å². The summed E-state index contributed by atoms with van der Waals surface area (Å²) < 4.78 is 15.6. The molecule has 3 aromatic rings. The molecule has 1 saturated heterocycles. The summed E-state index contributed by atoms with van der Waals surface area (Å²) in [6.45, 7) is 4.03. The predicted molar refractivity (Wildman–Crippen MR) is 104 cm³/mol. The van der Waals surface area contributed by atoms with Crippen LogP contribution >= 0.6 is 0 Å². The van der Waals surface area contributed by atoms with E-state index in [2.05, 4.69) is 25.9 Å². The molecule has 0 bridgehead atoms. The van der Waals surface area contributed by atoms with Crippen LogP contribution in [-0.2, 0) is 6.54 Å². The highest BCUT2D eigenvalue weighted by Gasteiger charge is 2.21. The summed E-state index contributed by atoms with van der Waals surface area (Å²) in [4.78, 5) is 12.7. The van der Waals surface area contributed by atoms with Crippen molar-refractivity contribution in [1.82, 2.24) is 25.3 Å². The minimum Gasteiger partial charge on any atom is -0.317 e. The smallest absolute Gasteiger partial charge is 0.277 e. The van der Waals surface area contributed by atoms with Gasteiger partial charge in [-0.2, -0.15) is 10.2 Å². The highest BCUT2D eigenvalue weighted by Crippen LogP contribution is 2.24. The van der Waals surface area contributed by atoms with E-state index in [0.717, 1.165) is 37.2 Å². The maximum Gasteiger partial charge on any atom is 0.277 e. The molecule has 7 nitrogen and oxygen atoms in total. The van der Waals surface area contributed by atoms with Crippen LogP contribution in [0.4, 0.5) is 10.2 Å². The Labute approximate surface area is 162 Å². The van der Waals surface area contributed by atoms with E-state index in [4.69, 9.17) is 0 Å². The van der Waals surface area contributed by atoms with Crippen LogP contribution in [-0.4, -0.2) is 39.0 Å². The third-order valence-corrected chi connectivity index (χ3v) is 5.14. The summed E-state index contributed by atoms with van der Waals surface area (Å²) in [5, 5.41) is 17.7. The minimum absolute atomic E-state index is 0.233. The molecular formula is C20H23FN6O. The first-order chi connectivity index (χ1) is 13.6. The first-order valence-electron chi connectivity index (χ1n) is 9.45. The average Bonchev–Trinajstić information content (AvgIpc) is 3.33. The fraction of sp³-hybridized carbons (Fsp3) is 0.350. The molecule has 1 aromatic carbocycles. The van der Waals surface area contributed by atoms with Crippen LogP contribution in [0.5, 0.6) is 0 Å². The van der Waals surface area contributed by atoms with E-state index in [1.165, 1.54) is 6.07 Å². The minimum atomic E-state index is -0.310. The molecule has 1 aliphatic rings. The molecule has 2 aromatic heterocycles. The maximum atomic E-state index is 14.0. The third kappa shape index (κ3) is 3.82. The molecule has 0 aliphatic carbocycles. The molecule has 3 heterocycles.